The highest BCUT2D eigenvalue weighted by molar-refractivity contribution is 7.99. The quantitative estimate of drug-likeness (QED) is 0.213. The maximum atomic E-state index is 7.20. The summed E-state index contributed by atoms with van der Waals surface area (Å²) in [5, 5.41) is -0.874. The van der Waals surface area contributed by atoms with Crippen LogP contribution in [-0.2, 0) is 30.7 Å². The Balaban J connectivity index is 1.82. The molecule has 2 N–H and O–H groups in total. The molecule has 3 aromatic rings. The van der Waals surface area contributed by atoms with E-state index in [1.807, 2.05) is 24.5 Å². The van der Waals surface area contributed by atoms with Gasteiger partial charge in [-0.05, 0) is 74.4 Å². The Morgan fingerprint density at radius 3 is 2.19 bits per heavy atom. The second-order valence-electron chi connectivity index (χ2n) is 14.6. The number of nitrogens with two attached hydrogens (primary N) is 1. The van der Waals surface area contributed by atoms with Crippen molar-refractivity contribution in [3.63, 3.8) is 0 Å². The summed E-state index contributed by atoms with van der Waals surface area (Å²) in [5.74, 6) is 1.06. The Hall–Kier alpha value is -2.02. The van der Waals surface area contributed by atoms with E-state index in [2.05, 4.69) is 97.1 Å². The number of rotatable bonds is 10. The van der Waals surface area contributed by atoms with Crippen molar-refractivity contribution in [2.24, 2.45) is 0 Å². The molecule has 1 unspecified atom stereocenters. The number of hydrogen-bond donors (Lipinski definition) is 1. The normalized spacial score (nSPS) is 23.5. The van der Waals surface area contributed by atoms with Crippen LogP contribution in [0.4, 0.5) is 5.95 Å². The van der Waals surface area contributed by atoms with E-state index in [4.69, 9.17) is 34.6 Å². The van der Waals surface area contributed by atoms with Gasteiger partial charge in [0.05, 0.1) is 44.2 Å². The van der Waals surface area contributed by atoms with Gasteiger partial charge in [0.25, 0.3) is 0 Å². The van der Waals surface area contributed by atoms with Crippen molar-refractivity contribution in [3.8, 4) is 0 Å². The second kappa shape index (κ2) is 12.8. The number of anilines is 1. The summed E-state index contributed by atoms with van der Waals surface area (Å²) in [7, 11) is -1.78. The van der Waals surface area contributed by atoms with Gasteiger partial charge < -0.3 is 24.7 Å². The lowest BCUT2D eigenvalue weighted by atomic mass is 10.1. The predicted octanol–water partition coefficient (Wildman–Crippen LogP) is 6.00. The average Bonchev–Trinajstić information content (AvgIpc) is 3.41. The first-order chi connectivity index (χ1) is 19.9. The average molecular weight is 630 g/mol. The van der Waals surface area contributed by atoms with Crippen LogP contribution in [0.1, 0.15) is 68.0 Å². The maximum absolute atomic E-state index is 7.20. The van der Waals surface area contributed by atoms with Gasteiger partial charge in [-0.15, -0.1) is 11.8 Å². The molecule has 1 aromatic carbocycles. The molecular weight excluding hydrogens is 579 g/mol. The Bertz CT molecular complexity index is 1370. The van der Waals surface area contributed by atoms with Crippen LogP contribution in [-0.4, -0.2) is 75.8 Å². The fourth-order valence-electron chi connectivity index (χ4n) is 5.47. The van der Waals surface area contributed by atoms with Crippen LogP contribution in [0.25, 0.3) is 11.2 Å². The van der Waals surface area contributed by atoms with Crippen molar-refractivity contribution in [1.29, 1.82) is 0 Å². The van der Waals surface area contributed by atoms with Crippen molar-refractivity contribution in [2.75, 3.05) is 18.1 Å². The molecular formula is C32H51N5O4SSi. The zero-order valence-corrected chi connectivity index (χ0v) is 29.8. The fourth-order valence-corrected chi connectivity index (χ4v) is 8.46. The Morgan fingerprint density at radius 1 is 0.953 bits per heavy atom. The van der Waals surface area contributed by atoms with Gasteiger partial charge in [-0.3, -0.25) is 4.57 Å². The fraction of sp³-hybridized carbons (Fsp3) is 0.656. The van der Waals surface area contributed by atoms with Gasteiger partial charge in [0.2, 0.25) is 5.95 Å². The SMILES string of the molecule is C[SiH](C)C1(n2cnc3c(CCSc4ccccc4)nc(N)nc32)O[C@H](COC(C)(C)C)[C@@H](OC(C)(C)C)[C@H]1OC(C)(C)C. The molecule has 0 bridgehead atoms. The van der Waals surface area contributed by atoms with Crippen LogP contribution in [0.3, 0.4) is 0 Å². The van der Waals surface area contributed by atoms with Gasteiger partial charge in [-0.25, -0.2) is 9.97 Å². The molecule has 0 spiro atoms. The summed E-state index contributed by atoms with van der Waals surface area (Å²) in [5.41, 5.74) is 7.32. The number of hydrogen-bond acceptors (Lipinski definition) is 9. The van der Waals surface area contributed by atoms with Crippen LogP contribution >= 0.6 is 11.8 Å². The van der Waals surface area contributed by atoms with E-state index >= 15 is 0 Å². The molecule has 4 atom stereocenters. The van der Waals surface area contributed by atoms with E-state index in [1.165, 1.54) is 4.90 Å². The Kier molecular flexibility index (Phi) is 10.1. The van der Waals surface area contributed by atoms with E-state index in [0.717, 1.165) is 17.0 Å². The molecule has 1 aliphatic rings. The minimum atomic E-state index is -1.78. The molecule has 238 valence electrons. The van der Waals surface area contributed by atoms with Gasteiger partial charge in [0, 0.05) is 17.1 Å². The van der Waals surface area contributed by atoms with Gasteiger partial charge in [0.15, 0.2) is 11.0 Å². The maximum Gasteiger partial charge on any atom is 0.222 e. The summed E-state index contributed by atoms with van der Waals surface area (Å²) in [6.07, 6.45) is 1.32. The zero-order chi connectivity index (χ0) is 31.8. The molecule has 3 heterocycles. The molecule has 0 radical (unpaired) electrons. The molecule has 0 aliphatic carbocycles. The Morgan fingerprint density at radius 2 is 1.60 bits per heavy atom. The van der Waals surface area contributed by atoms with Crippen molar-refractivity contribution >= 4 is 37.7 Å². The second-order valence-corrected chi connectivity index (χ2v) is 18.9. The summed E-state index contributed by atoms with van der Waals surface area (Å²) in [6, 6.07) is 10.4. The number of benzene rings is 1. The first kappa shape index (κ1) is 33.9. The Labute approximate surface area is 263 Å². The van der Waals surface area contributed by atoms with Crippen molar-refractivity contribution in [3.05, 3.63) is 42.4 Å². The van der Waals surface area contributed by atoms with Crippen LogP contribution < -0.4 is 5.73 Å². The summed E-state index contributed by atoms with van der Waals surface area (Å²) < 4.78 is 29.3. The number of imidazole rings is 1. The van der Waals surface area contributed by atoms with E-state index in [0.29, 0.717) is 18.7 Å². The minimum Gasteiger partial charge on any atom is -0.373 e. The lowest BCUT2D eigenvalue weighted by Gasteiger charge is -2.42. The largest absolute Gasteiger partial charge is 0.373 e. The summed E-state index contributed by atoms with van der Waals surface area (Å²) >= 11 is 1.78. The monoisotopic (exact) mass is 629 g/mol. The van der Waals surface area contributed by atoms with Gasteiger partial charge in [-0.1, -0.05) is 31.3 Å². The smallest absolute Gasteiger partial charge is 0.222 e. The molecule has 4 rings (SSSR count). The van der Waals surface area contributed by atoms with E-state index in [9.17, 15) is 0 Å². The van der Waals surface area contributed by atoms with E-state index in [1.54, 1.807) is 11.8 Å². The highest BCUT2D eigenvalue weighted by Gasteiger charge is 2.61. The third-order valence-electron chi connectivity index (χ3n) is 7.10. The van der Waals surface area contributed by atoms with Crippen molar-refractivity contribution < 1.29 is 18.9 Å². The number of nitrogens with zero attached hydrogens (tertiary/aromatic N) is 4. The molecule has 1 saturated heterocycles. The lowest BCUT2D eigenvalue weighted by molar-refractivity contribution is -0.174. The topological polar surface area (TPSA) is 107 Å². The van der Waals surface area contributed by atoms with Crippen LogP contribution in [0.5, 0.6) is 0 Å². The lowest BCUT2D eigenvalue weighted by Crippen LogP contribution is -2.58. The highest BCUT2D eigenvalue weighted by Crippen LogP contribution is 2.45. The number of nitrogen functional groups attached to an aromatic ring is 1. The molecule has 11 heteroatoms. The predicted molar refractivity (Wildman–Crippen MR) is 177 cm³/mol. The number of thioether (sulfide) groups is 1. The first-order valence-corrected chi connectivity index (χ1v) is 19.1. The molecule has 1 fully saturated rings. The van der Waals surface area contributed by atoms with Gasteiger partial charge in [0.1, 0.15) is 23.8 Å². The van der Waals surface area contributed by atoms with Crippen LogP contribution in [0, 0.1) is 0 Å². The van der Waals surface area contributed by atoms with Gasteiger partial charge in [-0.2, -0.15) is 4.98 Å². The van der Waals surface area contributed by atoms with Crippen LogP contribution in [0.2, 0.25) is 13.1 Å². The third kappa shape index (κ3) is 8.18. The summed E-state index contributed by atoms with van der Waals surface area (Å²) in [6.45, 7) is 23.5. The van der Waals surface area contributed by atoms with Crippen LogP contribution in [0.15, 0.2) is 41.6 Å². The van der Waals surface area contributed by atoms with Crippen molar-refractivity contribution in [1.82, 2.24) is 19.5 Å². The standard InChI is InChI=1S/C32H51N5O4SSi/c1-29(2,3)38-19-23-25(40-30(4,5)6)26(41-31(7,8)9)32(39-23,43(10)11)37-20-34-24-22(35-28(33)36-27(24)37)17-18-42-21-15-13-12-14-16-21/h12-16,20,23,25-26,43H,17-19H2,1-11H3,(H2,33,35,36)/t23-,25-,26-,32?/m1/s1. The first-order valence-electron chi connectivity index (χ1n) is 15.2. The molecule has 9 nitrogen and oxygen atoms in total. The third-order valence-corrected chi connectivity index (χ3v) is 10.5. The van der Waals surface area contributed by atoms with Gasteiger partial charge >= 0.3 is 0 Å². The number of fused-ring (bicyclic) bond motifs is 1. The van der Waals surface area contributed by atoms with E-state index < -0.39 is 37.6 Å². The molecule has 43 heavy (non-hydrogen) atoms. The molecule has 1 aliphatic heterocycles. The van der Waals surface area contributed by atoms with E-state index in [-0.39, 0.29) is 17.7 Å². The number of aromatic nitrogens is 4. The number of aryl methyl sites for hydroxylation is 1. The highest BCUT2D eigenvalue weighted by atomic mass is 32.2. The zero-order valence-electron chi connectivity index (χ0n) is 27.8. The molecule has 0 amide bonds. The summed E-state index contributed by atoms with van der Waals surface area (Å²) in [4.78, 5) is 15.5. The molecule has 2 aromatic heterocycles. The van der Waals surface area contributed by atoms with Crippen molar-refractivity contribution in [2.45, 2.75) is 127 Å². The minimum absolute atomic E-state index is 0.218. The molecule has 0 saturated carbocycles. The number of ether oxygens (including phenoxy) is 4.